The molecule has 0 spiro atoms. The number of carbonyl (C=O) groups is 1. The van der Waals surface area contributed by atoms with Gasteiger partial charge in [-0.25, -0.2) is 4.98 Å². The van der Waals surface area contributed by atoms with Gasteiger partial charge >= 0.3 is 0 Å². The minimum Gasteiger partial charge on any atom is -0.379 e. The van der Waals surface area contributed by atoms with Crippen molar-refractivity contribution in [3.8, 4) is 0 Å². The van der Waals surface area contributed by atoms with Gasteiger partial charge in [-0.2, -0.15) is 0 Å². The summed E-state index contributed by atoms with van der Waals surface area (Å²) in [5, 5.41) is 3.73. The van der Waals surface area contributed by atoms with Crippen molar-refractivity contribution >= 4 is 27.5 Å². The van der Waals surface area contributed by atoms with Gasteiger partial charge in [0.15, 0.2) is 0 Å². The number of ether oxygens (including phenoxy) is 1. The molecule has 7 nitrogen and oxygen atoms in total. The summed E-state index contributed by atoms with van der Waals surface area (Å²) >= 11 is 1.65. The molecule has 2 aliphatic rings. The molecular formula is C19H26N4O3S. The molecule has 3 heterocycles. The summed E-state index contributed by atoms with van der Waals surface area (Å²) < 4.78 is 6.91. The summed E-state index contributed by atoms with van der Waals surface area (Å²) in [6.45, 7) is 5.20. The van der Waals surface area contributed by atoms with Gasteiger partial charge in [-0.3, -0.25) is 19.1 Å². The highest BCUT2D eigenvalue weighted by Crippen LogP contribution is 2.33. The fourth-order valence-corrected chi connectivity index (χ4v) is 5.05. The van der Waals surface area contributed by atoms with Crippen LogP contribution in [0.1, 0.15) is 29.7 Å². The zero-order chi connectivity index (χ0) is 18.6. The lowest BCUT2D eigenvalue weighted by molar-refractivity contribution is -0.121. The molecule has 0 aromatic carbocycles. The van der Waals surface area contributed by atoms with E-state index in [0.29, 0.717) is 19.5 Å². The first-order valence-corrected chi connectivity index (χ1v) is 10.6. The molecule has 27 heavy (non-hydrogen) atoms. The number of hydrogen-bond acceptors (Lipinski definition) is 6. The summed E-state index contributed by atoms with van der Waals surface area (Å²) in [5.41, 5.74) is 1.20. The molecule has 1 aliphatic carbocycles. The lowest BCUT2D eigenvalue weighted by Gasteiger charge is -2.26. The van der Waals surface area contributed by atoms with Gasteiger partial charge in [0.25, 0.3) is 5.56 Å². The van der Waals surface area contributed by atoms with Crippen LogP contribution in [0.15, 0.2) is 11.1 Å². The Bertz CT molecular complexity index is 870. The molecule has 1 amide bonds. The van der Waals surface area contributed by atoms with Gasteiger partial charge in [-0.05, 0) is 31.2 Å². The van der Waals surface area contributed by atoms with Crippen molar-refractivity contribution in [2.24, 2.45) is 0 Å². The molecule has 1 saturated heterocycles. The van der Waals surface area contributed by atoms with Gasteiger partial charge < -0.3 is 10.1 Å². The maximum absolute atomic E-state index is 12.9. The second kappa shape index (κ2) is 8.50. The predicted molar refractivity (Wildman–Crippen MR) is 105 cm³/mol. The molecule has 2 aromatic heterocycles. The summed E-state index contributed by atoms with van der Waals surface area (Å²) in [4.78, 5) is 33.9. The number of nitrogens with zero attached hydrogens (tertiary/aromatic N) is 3. The van der Waals surface area contributed by atoms with E-state index in [0.717, 1.165) is 62.3 Å². The van der Waals surface area contributed by atoms with Gasteiger partial charge in [0.05, 0.1) is 24.9 Å². The van der Waals surface area contributed by atoms with Crippen molar-refractivity contribution < 1.29 is 9.53 Å². The molecule has 0 radical (unpaired) electrons. The van der Waals surface area contributed by atoms with Crippen LogP contribution in [0.25, 0.3) is 10.2 Å². The number of hydrogen-bond donors (Lipinski definition) is 1. The molecule has 0 saturated carbocycles. The number of morpholine rings is 1. The van der Waals surface area contributed by atoms with Crippen LogP contribution in [0.5, 0.6) is 0 Å². The van der Waals surface area contributed by atoms with Crippen LogP contribution in [0.2, 0.25) is 0 Å². The molecule has 8 heteroatoms. The van der Waals surface area contributed by atoms with Gasteiger partial charge in [0.2, 0.25) is 5.91 Å². The molecule has 1 fully saturated rings. The van der Waals surface area contributed by atoms with Crippen molar-refractivity contribution in [2.45, 2.75) is 38.6 Å². The highest BCUT2D eigenvalue weighted by molar-refractivity contribution is 7.18. The van der Waals surface area contributed by atoms with Crippen molar-refractivity contribution in [3.05, 3.63) is 27.1 Å². The first kappa shape index (κ1) is 18.6. The lowest BCUT2D eigenvalue weighted by atomic mass is 9.97. The Morgan fingerprint density at radius 3 is 2.89 bits per heavy atom. The number of carbonyl (C=O) groups excluding carboxylic acids is 1. The summed E-state index contributed by atoms with van der Waals surface area (Å²) in [7, 11) is 0. The van der Waals surface area contributed by atoms with Crippen LogP contribution in [0, 0.1) is 0 Å². The van der Waals surface area contributed by atoms with E-state index in [4.69, 9.17) is 4.74 Å². The van der Waals surface area contributed by atoms with E-state index in [2.05, 4.69) is 15.2 Å². The Hall–Kier alpha value is -1.77. The minimum absolute atomic E-state index is 0.000478. The summed E-state index contributed by atoms with van der Waals surface area (Å²) in [5.74, 6) is -0.0254. The number of aromatic nitrogens is 2. The highest BCUT2D eigenvalue weighted by atomic mass is 32.1. The maximum atomic E-state index is 12.9. The fourth-order valence-electron chi connectivity index (χ4n) is 3.83. The van der Waals surface area contributed by atoms with Gasteiger partial charge in [0.1, 0.15) is 4.83 Å². The minimum atomic E-state index is -0.0254. The van der Waals surface area contributed by atoms with E-state index in [1.807, 2.05) is 0 Å². The lowest BCUT2D eigenvalue weighted by Crippen LogP contribution is -2.41. The summed E-state index contributed by atoms with van der Waals surface area (Å²) in [6.07, 6.45) is 6.24. The number of rotatable bonds is 6. The molecule has 2 aromatic rings. The molecule has 0 atom stereocenters. The average Bonchev–Trinajstić information content (AvgIpc) is 3.07. The Morgan fingerprint density at radius 1 is 1.22 bits per heavy atom. The van der Waals surface area contributed by atoms with Crippen molar-refractivity contribution in [1.82, 2.24) is 19.8 Å². The maximum Gasteiger partial charge on any atom is 0.262 e. The third-order valence-corrected chi connectivity index (χ3v) is 6.58. The fraction of sp³-hybridized carbons (Fsp3) is 0.632. The Kier molecular flexibility index (Phi) is 5.85. The molecule has 0 bridgehead atoms. The van der Waals surface area contributed by atoms with Crippen molar-refractivity contribution in [3.63, 3.8) is 0 Å². The van der Waals surface area contributed by atoms with Gasteiger partial charge in [0, 0.05) is 44.0 Å². The van der Waals surface area contributed by atoms with Crippen LogP contribution >= 0.6 is 11.3 Å². The Balaban J connectivity index is 1.34. The summed E-state index contributed by atoms with van der Waals surface area (Å²) in [6, 6.07) is 0. The molecular weight excluding hydrogens is 364 g/mol. The molecule has 4 rings (SSSR count). The van der Waals surface area contributed by atoms with Gasteiger partial charge in [-0.15, -0.1) is 11.3 Å². The first-order chi connectivity index (χ1) is 13.2. The molecule has 1 aliphatic heterocycles. The zero-order valence-electron chi connectivity index (χ0n) is 15.5. The van der Waals surface area contributed by atoms with Crippen LogP contribution in [-0.4, -0.2) is 59.8 Å². The van der Waals surface area contributed by atoms with E-state index in [9.17, 15) is 9.59 Å². The number of nitrogens with one attached hydrogen (secondary N) is 1. The smallest absolute Gasteiger partial charge is 0.262 e. The number of aryl methyl sites for hydroxylation is 3. The highest BCUT2D eigenvalue weighted by Gasteiger charge is 2.20. The quantitative estimate of drug-likeness (QED) is 0.801. The van der Waals surface area contributed by atoms with Crippen molar-refractivity contribution in [2.75, 3.05) is 39.4 Å². The normalized spacial score (nSPS) is 17.8. The molecule has 146 valence electrons. The van der Waals surface area contributed by atoms with Gasteiger partial charge in [-0.1, -0.05) is 0 Å². The first-order valence-electron chi connectivity index (χ1n) is 9.79. The van der Waals surface area contributed by atoms with E-state index in [1.165, 1.54) is 16.9 Å². The molecule has 1 N–H and O–H groups in total. The topological polar surface area (TPSA) is 76.5 Å². The van der Waals surface area contributed by atoms with E-state index >= 15 is 0 Å². The SMILES string of the molecule is O=C(CCn1cnc2sc3c(c2c1=O)CCCC3)NCCN1CCOCC1. The van der Waals surface area contributed by atoms with Crippen LogP contribution in [0.3, 0.4) is 0 Å². The van der Waals surface area contributed by atoms with Crippen LogP contribution in [0.4, 0.5) is 0 Å². The van der Waals surface area contributed by atoms with E-state index < -0.39 is 0 Å². The standard InChI is InChI=1S/C19H26N4O3S/c24-16(20-6-8-22-9-11-26-12-10-22)5-7-23-13-21-18-17(19(23)25)14-3-1-2-4-15(14)27-18/h13H,1-12H2,(H,20,24). The zero-order valence-corrected chi connectivity index (χ0v) is 16.4. The largest absolute Gasteiger partial charge is 0.379 e. The monoisotopic (exact) mass is 390 g/mol. The second-order valence-electron chi connectivity index (χ2n) is 7.19. The molecule has 0 unspecified atom stereocenters. The second-order valence-corrected chi connectivity index (χ2v) is 8.27. The third-order valence-electron chi connectivity index (χ3n) is 5.38. The van der Waals surface area contributed by atoms with E-state index in [-0.39, 0.29) is 11.5 Å². The third kappa shape index (κ3) is 4.23. The number of thiophene rings is 1. The van der Waals surface area contributed by atoms with E-state index in [1.54, 1.807) is 22.2 Å². The van der Waals surface area contributed by atoms with Crippen LogP contribution in [-0.2, 0) is 28.9 Å². The van der Waals surface area contributed by atoms with Crippen molar-refractivity contribution in [1.29, 1.82) is 0 Å². The predicted octanol–water partition coefficient (Wildman–Crippen LogP) is 1.18. The number of amides is 1. The Morgan fingerprint density at radius 2 is 2.04 bits per heavy atom. The average molecular weight is 391 g/mol. The number of fused-ring (bicyclic) bond motifs is 3. The Labute approximate surface area is 162 Å². The van der Waals surface area contributed by atoms with Crippen LogP contribution < -0.4 is 10.9 Å².